The topological polar surface area (TPSA) is 135 Å². The molecule has 16 rings (SSSR count). The fraction of sp³-hybridized carbons (Fsp3) is 0.852. The molecule has 66 heavy (non-hydrogen) atoms. The van der Waals surface area contributed by atoms with Gasteiger partial charge in [-0.15, -0.1) is 0 Å². The molecule has 16 aliphatic carbocycles. The smallest absolute Gasteiger partial charge is 0.333 e. The standard InChI is InChI=1S/C27H38O5.C23H34O4.C4H5ClO.HI/c1-16(2)24(28)32-23-21-6-20-7-22(23)13-27(11-20,12-21)25(29)31-15-30-14-26-8-17-3-18(9-26)5-19(4-17)10-26;24-20-18-4-17-5-19(20)11-23(9-17,10-18)21(25)27-13-26-12-22-6-14-1-15(7-22)3-16(2-14)8-22;1-3(2)4(5)6;/h17-23H,1,3-15H2,2H3;14-20,24H,1-13H2;1H2,2H3;1H/p-1. The molecule has 0 saturated heterocycles. The first-order valence-electron chi connectivity index (χ1n) is 25.9. The molecule has 0 heterocycles. The number of carbonyl (C=O) groups is 4. The third kappa shape index (κ3) is 9.89. The summed E-state index contributed by atoms with van der Waals surface area (Å²) in [4.78, 5) is 48.1. The summed E-state index contributed by atoms with van der Waals surface area (Å²) >= 11 is 4.87. The van der Waals surface area contributed by atoms with E-state index < -0.39 is 10.7 Å². The van der Waals surface area contributed by atoms with Gasteiger partial charge in [0.2, 0.25) is 5.24 Å². The zero-order valence-electron chi connectivity index (χ0n) is 39.8. The molecule has 368 valence electrons. The van der Waals surface area contributed by atoms with Crippen molar-refractivity contribution in [3.63, 3.8) is 0 Å². The van der Waals surface area contributed by atoms with Crippen molar-refractivity contribution in [1.82, 2.24) is 0 Å². The number of hydrogen-bond acceptors (Lipinski definition) is 10. The van der Waals surface area contributed by atoms with Gasteiger partial charge in [-0.3, -0.25) is 14.4 Å². The van der Waals surface area contributed by atoms with Crippen LogP contribution in [0.2, 0.25) is 0 Å². The SMILES string of the molecule is C=C(C)C(=O)Cl.C=C(C)C(=O)OC1C2CC3CC1CC(C(=O)OCOCC14CC5CC(CC(C5)C1)C4)(C3)C2.O=C(OCOCC12CC3CC(CC(C3)C1)C2)C12CC3CC(C1)C(O)C(C3)C2.[I-]. The number of allylic oxidation sites excluding steroid dienone is 1. The Morgan fingerprint density at radius 3 is 1.17 bits per heavy atom. The first kappa shape index (κ1) is 49.4. The molecule has 0 aromatic rings. The number of halogens is 2. The molecular formula is C54H77ClIO10-. The molecule has 16 aliphatic rings. The number of hydrogen-bond donors (Lipinski definition) is 1. The van der Waals surface area contributed by atoms with Crippen LogP contribution in [0.1, 0.15) is 155 Å². The lowest BCUT2D eigenvalue weighted by molar-refractivity contribution is -0.203. The van der Waals surface area contributed by atoms with E-state index in [-0.39, 0.29) is 84.9 Å². The molecule has 16 bridgehead atoms. The van der Waals surface area contributed by atoms with Gasteiger partial charge < -0.3 is 52.8 Å². The van der Waals surface area contributed by atoms with E-state index in [4.69, 9.17) is 35.3 Å². The zero-order valence-corrected chi connectivity index (χ0v) is 42.7. The second-order valence-electron chi connectivity index (χ2n) is 25.3. The molecule has 16 saturated carbocycles. The number of carbonyl (C=O) groups excluding carboxylic acids is 4. The Morgan fingerprint density at radius 2 is 0.833 bits per heavy atom. The maximum absolute atomic E-state index is 13.2. The predicted molar refractivity (Wildman–Crippen MR) is 243 cm³/mol. The largest absolute Gasteiger partial charge is 1.00 e. The van der Waals surface area contributed by atoms with Crippen molar-refractivity contribution in [3.05, 3.63) is 24.3 Å². The van der Waals surface area contributed by atoms with E-state index in [0.717, 1.165) is 113 Å². The summed E-state index contributed by atoms with van der Waals surface area (Å²) < 4.78 is 29.3. The summed E-state index contributed by atoms with van der Waals surface area (Å²) in [6.45, 7) is 12.0. The first-order valence-corrected chi connectivity index (χ1v) is 26.3. The van der Waals surface area contributed by atoms with Crippen LogP contribution in [0.5, 0.6) is 0 Å². The van der Waals surface area contributed by atoms with E-state index in [2.05, 4.69) is 13.2 Å². The lowest BCUT2D eigenvalue weighted by atomic mass is 9.48. The van der Waals surface area contributed by atoms with Crippen molar-refractivity contribution in [2.24, 2.45) is 92.7 Å². The molecule has 4 atom stereocenters. The van der Waals surface area contributed by atoms with E-state index in [1.54, 1.807) is 13.8 Å². The number of aliphatic hydroxyl groups excluding tert-OH is 1. The van der Waals surface area contributed by atoms with Crippen molar-refractivity contribution in [2.45, 2.75) is 167 Å². The van der Waals surface area contributed by atoms with Gasteiger partial charge in [-0.1, -0.05) is 13.2 Å². The maximum atomic E-state index is 13.2. The van der Waals surface area contributed by atoms with Gasteiger partial charge in [0.05, 0.1) is 30.1 Å². The lowest BCUT2D eigenvalue weighted by Gasteiger charge is -2.58. The van der Waals surface area contributed by atoms with E-state index in [1.807, 2.05) is 0 Å². The highest BCUT2D eigenvalue weighted by Crippen LogP contribution is 2.64. The number of esters is 3. The number of aliphatic hydroxyl groups is 1. The Bertz CT molecular complexity index is 1780. The van der Waals surface area contributed by atoms with Crippen LogP contribution in [0.4, 0.5) is 0 Å². The van der Waals surface area contributed by atoms with Crippen molar-refractivity contribution in [1.29, 1.82) is 0 Å². The third-order valence-electron chi connectivity index (χ3n) is 19.9. The molecule has 0 aliphatic heterocycles. The predicted octanol–water partition coefficient (Wildman–Crippen LogP) is 7.27. The molecule has 0 aromatic heterocycles. The van der Waals surface area contributed by atoms with Crippen LogP contribution < -0.4 is 24.0 Å². The summed E-state index contributed by atoms with van der Waals surface area (Å²) in [5.41, 5.74) is 0.849. The molecule has 12 heteroatoms. The van der Waals surface area contributed by atoms with Gasteiger partial charge in [-0.05, 0) is 249 Å². The minimum absolute atomic E-state index is 0. The summed E-state index contributed by atoms with van der Waals surface area (Å²) in [6.07, 6.45) is 25.8. The second-order valence-corrected chi connectivity index (χ2v) is 25.7. The van der Waals surface area contributed by atoms with Crippen LogP contribution in [0.15, 0.2) is 24.3 Å². The Hall–Kier alpha value is -1.54. The monoisotopic (exact) mass is 1050 g/mol. The van der Waals surface area contributed by atoms with Gasteiger partial charge in [-0.2, -0.15) is 0 Å². The molecule has 0 spiro atoms. The summed E-state index contributed by atoms with van der Waals surface area (Å²) in [7, 11) is 0. The van der Waals surface area contributed by atoms with Gasteiger partial charge in [0, 0.05) is 11.1 Å². The first-order chi connectivity index (χ1) is 31.0. The fourth-order valence-corrected chi connectivity index (χ4v) is 18.8. The van der Waals surface area contributed by atoms with Crippen LogP contribution in [0, 0.1) is 92.7 Å². The number of ether oxygens (including phenoxy) is 5. The fourth-order valence-electron chi connectivity index (χ4n) is 18.8. The summed E-state index contributed by atoms with van der Waals surface area (Å²) in [6, 6.07) is 0. The Morgan fingerprint density at radius 1 is 0.515 bits per heavy atom. The highest BCUT2D eigenvalue weighted by molar-refractivity contribution is 6.67. The minimum atomic E-state index is -0.463. The normalized spacial score (nSPS) is 46.0. The molecule has 10 nitrogen and oxygen atoms in total. The van der Waals surface area contributed by atoms with Crippen LogP contribution in [-0.2, 0) is 42.9 Å². The maximum Gasteiger partial charge on any atom is 0.333 e. The van der Waals surface area contributed by atoms with Crippen molar-refractivity contribution in [3.8, 4) is 0 Å². The van der Waals surface area contributed by atoms with Gasteiger partial charge >= 0.3 is 17.9 Å². The number of rotatable bonds is 13. The molecule has 0 aromatic carbocycles. The quantitative estimate of drug-likeness (QED) is 0.0382. The molecule has 0 radical (unpaired) electrons. The highest BCUT2D eigenvalue weighted by Gasteiger charge is 2.61. The summed E-state index contributed by atoms with van der Waals surface area (Å²) in [5.74, 6) is 7.44. The van der Waals surface area contributed by atoms with Crippen molar-refractivity contribution in [2.75, 3.05) is 26.8 Å². The molecule has 1 N–H and O–H groups in total. The Balaban J connectivity index is 0.000000147. The van der Waals surface area contributed by atoms with Crippen LogP contribution in [-0.4, -0.2) is 67.3 Å². The van der Waals surface area contributed by atoms with Crippen LogP contribution in [0.3, 0.4) is 0 Å². The van der Waals surface area contributed by atoms with E-state index in [1.165, 1.54) is 77.0 Å². The lowest BCUT2D eigenvalue weighted by Crippen LogP contribution is -3.00. The molecule has 0 amide bonds. The minimum Gasteiger partial charge on any atom is -1.00 e. The van der Waals surface area contributed by atoms with Gasteiger partial charge in [-0.25, -0.2) is 4.79 Å². The van der Waals surface area contributed by atoms with E-state index in [9.17, 15) is 24.3 Å². The van der Waals surface area contributed by atoms with Crippen molar-refractivity contribution >= 4 is 34.8 Å². The van der Waals surface area contributed by atoms with Crippen LogP contribution >= 0.6 is 11.6 Å². The van der Waals surface area contributed by atoms with Crippen molar-refractivity contribution < 1.29 is 71.9 Å². The highest BCUT2D eigenvalue weighted by atomic mass is 127. The van der Waals surface area contributed by atoms with E-state index >= 15 is 0 Å². The second kappa shape index (κ2) is 19.2. The van der Waals surface area contributed by atoms with Gasteiger partial charge in [0.1, 0.15) is 6.10 Å². The van der Waals surface area contributed by atoms with E-state index in [0.29, 0.717) is 45.6 Å². The van der Waals surface area contributed by atoms with Crippen LogP contribution in [0.25, 0.3) is 0 Å². The molecular weight excluding hydrogens is 971 g/mol. The zero-order chi connectivity index (χ0) is 45.5. The van der Waals surface area contributed by atoms with Gasteiger partial charge in [0.15, 0.2) is 13.6 Å². The van der Waals surface area contributed by atoms with Gasteiger partial charge in [0.25, 0.3) is 0 Å². The molecule has 4 unspecified atom stereocenters. The summed E-state index contributed by atoms with van der Waals surface area (Å²) in [5, 5.41) is 9.95. The molecule has 16 fully saturated rings. The Labute approximate surface area is 415 Å². The average molecular weight is 1050 g/mol. The Kier molecular flexibility index (Phi) is 14.4. The average Bonchev–Trinajstić information content (AvgIpc) is 3.23. The third-order valence-corrected chi connectivity index (χ3v) is 20.2.